The molecule has 2 aromatic heterocycles. The number of nitrogens with one attached hydrogen (secondary N) is 3. The summed E-state index contributed by atoms with van der Waals surface area (Å²) in [6, 6.07) is 31.3. The number of imidazole rings is 1. The third-order valence-corrected chi connectivity index (χ3v) is 10.2. The largest absolute Gasteiger partial charge is 0.444 e. The molecule has 1 aliphatic rings. The molecule has 0 bridgehead atoms. The lowest BCUT2D eigenvalue weighted by Crippen LogP contribution is -2.54. The van der Waals surface area contributed by atoms with E-state index in [1.165, 1.54) is 0 Å². The number of nitrogens with zero attached hydrogens (tertiary/aromatic N) is 3. The molecule has 12 heteroatoms. The Labute approximate surface area is 332 Å². The first-order chi connectivity index (χ1) is 27.5. The van der Waals surface area contributed by atoms with Gasteiger partial charge in [-0.1, -0.05) is 104 Å². The Morgan fingerprint density at radius 3 is 2.21 bits per heavy atom. The number of alkyl carbamates (subject to hydrolysis) is 1. The van der Waals surface area contributed by atoms with Crippen molar-refractivity contribution in [1.82, 2.24) is 30.5 Å². The van der Waals surface area contributed by atoms with Gasteiger partial charge in [-0.05, 0) is 66.6 Å². The SMILES string of the molecule is CCCCc1nc2c(N)nc3ccccc3c2n1Cc1ccc(CNC(=O)[C@H](CNC(=O)OC(C)(C)C)NC(O)OCC2c3ccccc3-c3ccccc32)cc1. The topological polar surface area (TPSA) is 166 Å². The number of benzene rings is 4. The minimum Gasteiger partial charge on any atom is -0.444 e. The summed E-state index contributed by atoms with van der Waals surface area (Å²) in [6.07, 6.45) is 0.696. The summed E-state index contributed by atoms with van der Waals surface area (Å²) < 4.78 is 13.6. The first-order valence-electron chi connectivity index (χ1n) is 19.6. The van der Waals surface area contributed by atoms with Crippen LogP contribution in [-0.4, -0.2) is 62.9 Å². The van der Waals surface area contributed by atoms with Crippen LogP contribution in [-0.2, 0) is 33.8 Å². The average molecular weight is 770 g/mol. The normalized spacial score (nSPS) is 13.6. The highest BCUT2D eigenvalue weighted by Crippen LogP contribution is 2.44. The van der Waals surface area contributed by atoms with E-state index in [4.69, 9.17) is 20.2 Å². The van der Waals surface area contributed by atoms with Crippen LogP contribution in [0.4, 0.5) is 10.6 Å². The summed E-state index contributed by atoms with van der Waals surface area (Å²) in [5.74, 6) is 0.868. The predicted molar refractivity (Wildman–Crippen MR) is 222 cm³/mol. The standard InChI is InChI=1S/C45H51N7O5/c1-5-6-19-38-51-39-40(34-17-11-12-18-36(34)49-41(39)46)52(38)26-29-22-20-28(21-23-29)24-47-42(53)37(25-48-43(54)57-45(2,3)4)50-44(55)56-27-35-32-15-9-7-13-30(32)31-14-8-10-16-33(31)35/h7-18,20-23,35,37,44,50,55H,5-6,19,24-27H2,1-4H3,(H2,46,49)(H,47,53)(H,48,54)/t37-,44?/m0/s1. The molecule has 0 saturated carbocycles. The summed E-state index contributed by atoms with van der Waals surface area (Å²) in [4.78, 5) is 35.8. The fraction of sp³-hybridized carbons (Fsp3) is 0.333. The number of anilines is 1. The minimum absolute atomic E-state index is 0.0890. The van der Waals surface area contributed by atoms with Gasteiger partial charge in [-0.2, -0.15) is 0 Å². The number of ether oxygens (including phenoxy) is 2. The second-order valence-corrected chi connectivity index (χ2v) is 15.5. The molecule has 12 nitrogen and oxygen atoms in total. The van der Waals surface area contributed by atoms with Crippen molar-refractivity contribution in [2.45, 2.75) is 84.0 Å². The number of amides is 2. The number of hydrogen-bond donors (Lipinski definition) is 5. The van der Waals surface area contributed by atoms with E-state index < -0.39 is 30.1 Å². The molecular weight excluding hydrogens is 719 g/mol. The lowest BCUT2D eigenvalue weighted by atomic mass is 9.98. The Morgan fingerprint density at radius 1 is 0.877 bits per heavy atom. The van der Waals surface area contributed by atoms with Gasteiger partial charge in [-0.25, -0.2) is 14.8 Å². The maximum atomic E-state index is 13.6. The Morgan fingerprint density at radius 2 is 1.53 bits per heavy atom. The second-order valence-electron chi connectivity index (χ2n) is 15.5. The van der Waals surface area contributed by atoms with E-state index in [1.807, 2.05) is 66.7 Å². The second kappa shape index (κ2) is 17.1. The highest BCUT2D eigenvalue weighted by Gasteiger charge is 2.30. The molecule has 6 N–H and O–H groups in total. The molecular formula is C45H51N7O5. The monoisotopic (exact) mass is 769 g/mol. The highest BCUT2D eigenvalue weighted by atomic mass is 16.6. The molecule has 0 saturated heterocycles. The third-order valence-electron chi connectivity index (χ3n) is 10.2. The molecule has 6 aromatic rings. The van der Waals surface area contributed by atoms with Crippen LogP contribution in [0.15, 0.2) is 97.1 Å². The van der Waals surface area contributed by atoms with Gasteiger partial charge < -0.3 is 35.5 Å². The molecule has 7 rings (SSSR count). The van der Waals surface area contributed by atoms with Crippen LogP contribution in [0.2, 0.25) is 0 Å². The van der Waals surface area contributed by atoms with E-state index >= 15 is 0 Å². The number of fused-ring (bicyclic) bond motifs is 6. The van der Waals surface area contributed by atoms with Gasteiger partial charge in [-0.15, -0.1) is 0 Å². The third kappa shape index (κ3) is 9.09. The van der Waals surface area contributed by atoms with Crippen LogP contribution < -0.4 is 21.7 Å². The molecule has 296 valence electrons. The van der Waals surface area contributed by atoms with Crippen molar-refractivity contribution in [3.05, 3.63) is 125 Å². The molecule has 2 atom stereocenters. The van der Waals surface area contributed by atoms with Crippen LogP contribution in [0.1, 0.15) is 74.5 Å². The summed E-state index contributed by atoms with van der Waals surface area (Å²) in [7, 11) is 0. The zero-order valence-corrected chi connectivity index (χ0v) is 32.9. The summed E-state index contributed by atoms with van der Waals surface area (Å²) in [5.41, 5.74) is 14.7. The van der Waals surface area contributed by atoms with Crippen LogP contribution in [0.25, 0.3) is 33.1 Å². The lowest BCUT2D eigenvalue weighted by molar-refractivity contribution is -0.141. The van der Waals surface area contributed by atoms with Crippen molar-refractivity contribution >= 4 is 39.8 Å². The molecule has 2 heterocycles. The zero-order valence-electron chi connectivity index (χ0n) is 32.9. The van der Waals surface area contributed by atoms with Crippen molar-refractivity contribution in [2.75, 3.05) is 18.9 Å². The van der Waals surface area contributed by atoms with Gasteiger partial charge in [0.25, 0.3) is 0 Å². The van der Waals surface area contributed by atoms with Gasteiger partial charge in [0, 0.05) is 37.4 Å². The number of carbonyl (C=O) groups excluding carboxylic acids is 2. The number of hydrogen-bond acceptors (Lipinski definition) is 9. The van der Waals surface area contributed by atoms with E-state index in [-0.39, 0.29) is 25.6 Å². The molecule has 2 amide bonds. The zero-order chi connectivity index (χ0) is 40.1. The van der Waals surface area contributed by atoms with Gasteiger partial charge in [-0.3, -0.25) is 10.1 Å². The molecule has 57 heavy (non-hydrogen) atoms. The number of nitrogen functional groups attached to an aromatic ring is 1. The van der Waals surface area contributed by atoms with E-state index in [9.17, 15) is 14.7 Å². The number of rotatable bonds is 15. The van der Waals surface area contributed by atoms with Gasteiger partial charge >= 0.3 is 6.09 Å². The first kappa shape index (κ1) is 39.4. The Bertz CT molecular complexity index is 2320. The number of aliphatic hydroxyl groups excluding tert-OH is 1. The predicted octanol–water partition coefficient (Wildman–Crippen LogP) is 6.76. The van der Waals surface area contributed by atoms with Crippen molar-refractivity contribution in [1.29, 1.82) is 0 Å². The molecule has 0 fully saturated rings. The fourth-order valence-corrected chi connectivity index (χ4v) is 7.43. The van der Waals surface area contributed by atoms with Crippen LogP contribution in [0.5, 0.6) is 0 Å². The fourth-order valence-electron chi connectivity index (χ4n) is 7.43. The van der Waals surface area contributed by atoms with Crippen LogP contribution in [0.3, 0.4) is 0 Å². The first-order valence-corrected chi connectivity index (χ1v) is 19.6. The van der Waals surface area contributed by atoms with Crippen molar-refractivity contribution in [3.8, 4) is 11.1 Å². The van der Waals surface area contributed by atoms with Crippen LogP contribution >= 0.6 is 0 Å². The maximum Gasteiger partial charge on any atom is 0.407 e. The number of pyridine rings is 1. The Hall–Kier alpha value is -5.82. The van der Waals surface area contributed by atoms with Gasteiger partial charge in [0.15, 0.2) is 5.82 Å². The summed E-state index contributed by atoms with van der Waals surface area (Å²) >= 11 is 0. The minimum atomic E-state index is -1.50. The summed E-state index contributed by atoms with van der Waals surface area (Å²) in [6.45, 7) is 8.28. The Balaban J connectivity index is 1.02. The number of nitrogens with two attached hydrogens (primary N) is 1. The molecule has 1 aliphatic carbocycles. The Kier molecular flexibility index (Phi) is 11.8. The van der Waals surface area contributed by atoms with E-state index in [0.717, 1.165) is 74.9 Å². The number of aryl methyl sites for hydroxylation is 1. The molecule has 0 radical (unpaired) electrons. The molecule has 1 unspecified atom stereocenters. The number of para-hydroxylation sites is 1. The highest BCUT2D eigenvalue weighted by molar-refractivity contribution is 6.06. The number of aliphatic hydroxyl groups is 1. The number of unbranched alkanes of at least 4 members (excludes halogenated alkanes) is 1. The lowest BCUT2D eigenvalue weighted by Gasteiger charge is -2.25. The number of carbonyl (C=O) groups is 2. The van der Waals surface area contributed by atoms with E-state index in [1.54, 1.807) is 20.8 Å². The average Bonchev–Trinajstić information content (AvgIpc) is 3.72. The summed E-state index contributed by atoms with van der Waals surface area (Å²) in [5, 5.41) is 20.5. The van der Waals surface area contributed by atoms with Gasteiger partial charge in [0.1, 0.15) is 23.0 Å². The van der Waals surface area contributed by atoms with E-state index in [2.05, 4.69) is 62.8 Å². The maximum absolute atomic E-state index is 13.6. The molecule has 0 aliphatic heterocycles. The smallest absolute Gasteiger partial charge is 0.407 e. The van der Waals surface area contributed by atoms with Crippen molar-refractivity contribution in [3.63, 3.8) is 0 Å². The van der Waals surface area contributed by atoms with Crippen LogP contribution in [0, 0.1) is 0 Å². The molecule has 0 spiro atoms. The van der Waals surface area contributed by atoms with Crippen molar-refractivity contribution < 1.29 is 24.2 Å². The van der Waals surface area contributed by atoms with Crippen molar-refractivity contribution in [2.24, 2.45) is 0 Å². The van der Waals surface area contributed by atoms with Gasteiger partial charge in [0.05, 0.1) is 17.6 Å². The van der Waals surface area contributed by atoms with E-state index in [0.29, 0.717) is 17.9 Å². The molecule has 4 aromatic carbocycles. The van der Waals surface area contributed by atoms with Gasteiger partial charge in [0.2, 0.25) is 12.3 Å². The number of aromatic nitrogens is 3. The quantitative estimate of drug-likeness (QED) is 0.0710.